The van der Waals surface area contributed by atoms with Gasteiger partial charge in [-0.15, -0.1) is 0 Å². The highest BCUT2D eigenvalue weighted by molar-refractivity contribution is 6.31. The van der Waals surface area contributed by atoms with E-state index in [2.05, 4.69) is 4.98 Å². The van der Waals surface area contributed by atoms with Crippen LogP contribution in [0.1, 0.15) is 5.56 Å². The normalized spacial score (nSPS) is 10.4. The quantitative estimate of drug-likeness (QED) is 0.644. The van der Waals surface area contributed by atoms with E-state index in [4.69, 9.17) is 23.2 Å². The predicted octanol–water partition coefficient (Wildman–Crippen LogP) is 2.51. The average Bonchev–Trinajstić information content (AvgIpc) is 2.37. The first kappa shape index (κ1) is 13.5. The zero-order chi connectivity index (χ0) is 14.0. The van der Waals surface area contributed by atoms with Crippen LogP contribution in [0.4, 0.5) is 5.69 Å². The number of halogens is 2. The maximum absolute atomic E-state index is 11.7. The number of nitro benzene ring substituents is 1. The Labute approximate surface area is 117 Å². The van der Waals surface area contributed by atoms with Gasteiger partial charge in [-0.05, 0) is 11.6 Å². The molecule has 0 spiro atoms. The topological polar surface area (TPSA) is 78.0 Å². The van der Waals surface area contributed by atoms with Crippen LogP contribution in [0.2, 0.25) is 10.2 Å². The first-order chi connectivity index (χ1) is 8.99. The molecule has 0 saturated carbocycles. The minimum Gasteiger partial charge on any atom is -0.307 e. The van der Waals surface area contributed by atoms with Crippen molar-refractivity contribution >= 4 is 28.9 Å². The Morgan fingerprint density at radius 2 is 2.11 bits per heavy atom. The molecule has 0 amide bonds. The molecule has 6 nitrogen and oxygen atoms in total. The molecule has 98 valence electrons. The zero-order valence-corrected chi connectivity index (χ0v) is 10.9. The van der Waals surface area contributed by atoms with Crippen molar-refractivity contribution in [2.45, 2.75) is 6.54 Å². The van der Waals surface area contributed by atoms with Gasteiger partial charge in [0.15, 0.2) is 5.15 Å². The summed E-state index contributed by atoms with van der Waals surface area (Å²) in [7, 11) is 0. The van der Waals surface area contributed by atoms with E-state index >= 15 is 0 Å². The monoisotopic (exact) mass is 299 g/mol. The Kier molecular flexibility index (Phi) is 3.82. The van der Waals surface area contributed by atoms with Crippen LogP contribution in [0.3, 0.4) is 0 Å². The van der Waals surface area contributed by atoms with Crippen LogP contribution < -0.4 is 5.56 Å². The number of rotatable bonds is 3. The van der Waals surface area contributed by atoms with Gasteiger partial charge in [-0.3, -0.25) is 14.9 Å². The molecule has 2 aromatic rings. The SMILES string of the molecule is O=c1c(Cl)nccn1Cc1ccc([N+](=O)[O-])cc1Cl. The number of non-ortho nitro benzene ring substituents is 1. The molecule has 8 heteroatoms. The summed E-state index contributed by atoms with van der Waals surface area (Å²) >= 11 is 11.6. The van der Waals surface area contributed by atoms with Gasteiger partial charge in [0.25, 0.3) is 11.2 Å². The van der Waals surface area contributed by atoms with Crippen LogP contribution in [-0.2, 0) is 6.54 Å². The van der Waals surface area contributed by atoms with Gasteiger partial charge in [0.05, 0.1) is 16.5 Å². The Balaban J connectivity index is 2.36. The Hall–Kier alpha value is -1.92. The molecule has 1 aromatic heterocycles. The molecule has 1 heterocycles. The minimum absolute atomic E-state index is 0.103. The Bertz CT molecular complexity index is 700. The molecule has 0 saturated heterocycles. The van der Waals surface area contributed by atoms with E-state index in [1.54, 1.807) is 0 Å². The summed E-state index contributed by atoms with van der Waals surface area (Å²) < 4.78 is 1.32. The average molecular weight is 300 g/mol. The summed E-state index contributed by atoms with van der Waals surface area (Å²) in [5.74, 6) is 0. The summed E-state index contributed by atoms with van der Waals surface area (Å²) in [6.45, 7) is 0.165. The number of aromatic nitrogens is 2. The lowest BCUT2D eigenvalue weighted by molar-refractivity contribution is -0.384. The third kappa shape index (κ3) is 2.91. The van der Waals surface area contributed by atoms with Crippen LogP contribution in [0, 0.1) is 10.1 Å². The van der Waals surface area contributed by atoms with E-state index in [1.807, 2.05) is 0 Å². The molecule has 0 aliphatic rings. The third-order valence-electron chi connectivity index (χ3n) is 2.46. The molecular weight excluding hydrogens is 293 g/mol. The van der Waals surface area contributed by atoms with Crippen molar-refractivity contribution in [2.75, 3.05) is 0 Å². The molecule has 0 radical (unpaired) electrons. The van der Waals surface area contributed by atoms with E-state index in [0.717, 1.165) is 0 Å². The second kappa shape index (κ2) is 5.38. The van der Waals surface area contributed by atoms with Gasteiger partial charge < -0.3 is 4.57 Å². The highest BCUT2D eigenvalue weighted by Crippen LogP contribution is 2.22. The summed E-state index contributed by atoms with van der Waals surface area (Å²) in [5.41, 5.74) is 0.0316. The lowest BCUT2D eigenvalue weighted by Gasteiger charge is -2.07. The van der Waals surface area contributed by atoms with Crippen molar-refractivity contribution in [3.8, 4) is 0 Å². The summed E-state index contributed by atoms with van der Waals surface area (Å²) in [6.07, 6.45) is 2.86. The fraction of sp³-hybridized carbons (Fsp3) is 0.0909. The highest BCUT2D eigenvalue weighted by atomic mass is 35.5. The van der Waals surface area contributed by atoms with E-state index in [0.29, 0.717) is 5.56 Å². The molecule has 2 rings (SSSR count). The Morgan fingerprint density at radius 1 is 1.37 bits per heavy atom. The maximum Gasteiger partial charge on any atom is 0.288 e. The van der Waals surface area contributed by atoms with Crippen molar-refractivity contribution in [3.63, 3.8) is 0 Å². The number of benzene rings is 1. The van der Waals surface area contributed by atoms with Gasteiger partial charge in [-0.1, -0.05) is 23.2 Å². The lowest BCUT2D eigenvalue weighted by Crippen LogP contribution is -2.21. The third-order valence-corrected chi connectivity index (χ3v) is 3.07. The molecule has 0 atom stereocenters. The summed E-state index contributed by atoms with van der Waals surface area (Å²) in [6, 6.07) is 4.07. The molecule has 0 aliphatic carbocycles. The number of nitro groups is 1. The molecule has 0 aliphatic heterocycles. The van der Waals surface area contributed by atoms with Crippen molar-refractivity contribution < 1.29 is 4.92 Å². The van der Waals surface area contributed by atoms with Crippen LogP contribution in [0.15, 0.2) is 35.4 Å². The van der Waals surface area contributed by atoms with Crippen LogP contribution in [0.25, 0.3) is 0 Å². The fourth-order valence-electron chi connectivity index (χ4n) is 1.51. The second-order valence-corrected chi connectivity index (χ2v) is 4.45. The molecule has 0 N–H and O–H groups in total. The first-order valence-electron chi connectivity index (χ1n) is 5.13. The molecular formula is C11H7Cl2N3O3. The van der Waals surface area contributed by atoms with E-state index in [-0.39, 0.29) is 22.4 Å². The summed E-state index contributed by atoms with van der Waals surface area (Å²) in [5, 5.41) is 10.7. The number of nitrogens with zero attached hydrogens (tertiary/aromatic N) is 3. The smallest absolute Gasteiger partial charge is 0.288 e. The van der Waals surface area contributed by atoms with E-state index in [9.17, 15) is 14.9 Å². The van der Waals surface area contributed by atoms with E-state index < -0.39 is 10.5 Å². The van der Waals surface area contributed by atoms with Gasteiger partial charge in [-0.2, -0.15) is 0 Å². The lowest BCUT2D eigenvalue weighted by atomic mass is 10.2. The van der Waals surface area contributed by atoms with Crippen molar-refractivity contribution in [2.24, 2.45) is 0 Å². The van der Waals surface area contributed by atoms with E-state index in [1.165, 1.54) is 35.2 Å². The van der Waals surface area contributed by atoms with Crippen molar-refractivity contribution in [1.82, 2.24) is 9.55 Å². The fourth-order valence-corrected chi connectivity index (χ4v) is 1.91. The number of hydrogen-bond donors (Lipinski definition) is 0. The van der Waals surface area contributed by atoms with Crippen molar-refractivity contribution in [1.29, 1.82) is 0 Å². The van der Waals surface area contributed by atoms with Crippen LogP contribution in [-0.4, -0.2) is 14.5 Å². The number of hydrogen-bond acceptors (Lipinski definition) is 4. The van der Waals surface area contributed by atoms with Gasteiger partial charge >= 0.3 is 0 Å². The minimum atomic E-state index is -0.537. The van der Waals surface area contributed by atoms with Crippen molar-refractivity contribution in [3.05, 3.63) is 66.8 Å². The highest BCUT2D eigenvalue weighted by Gasteiger charge is 2.10. The zero-order valence-electron chi connectivity index (χ0n) is 9.42. The van der Waals surface area contributed by atoms with Gasteiger partial charge in [0.1, 0.15) is 0 Å². The van der Waals surface area contributed by atoms with Gasteiger partial charge in [-0.25, -0.2) is 4.98 Å². The maximum atomic E-state index is 11.7. The Morgan fingerprint density at radius 3 is 2.74 bits per heavy atom. The predicted molar refractivity (Wildman–Crippen MR) is 70.7 cm³/mol. The standard InChI is InChI=1S/C11H7Cl2N3O3/c12-9-5-8(16(18)19)2-1-7(9)6-15-4-3-14-10(13)11(15)17/h1-5H,6H2. The molecule has 1 aromatic carbocycles. The molecule has 0 unspecified atom stereocenters. The van der Waals surface area contributed by atoms with Crippen LogP contribution in [0.5, 0.6) is 0 Å². The molecule has 19 heavy (non-hydrogen) atoms. The first-order valence-corrected chi connectivity index (χ1v) is 5.88. The van der Waals surface area contributed by atoms with Gasteiger partial charge in [0.2, 0.25) is 0 Å². The largest absolute Gasteiger partial charge is 0.307 e. The van der Waals surface area contributed by atoms with Crippen LogP contribution >= 0.6 is 23.2 Å². The summed E-state index contributed by atoms with van der Waals surface area (Å²) in [4.78, 5) is 25.4. The molecule has 0 bridgehead atoms. The van der Waals surface area contributed by atoms with Gasteiger partial charge in [0, 0.05) is 24.5 Å². The molecule has 0 fully saturated rings. The second-order valence-electron chi connectivity index (χ2n) is 3.68.